The van der Waals surface area contributed by atoms with Crippen molar-refractivity contribution in [1.82, 2.24) is 14.3 Å². The van der Waals surface area contributed by atoms with E-state index in [-0.39, 0.29) is 4.90 Å². The van der Waals surface area contributed by atoms with Gasteiger partial charge in [-0.25, -0.2) is 12.4 Å². The molecule has 140 valence electrons. The van der Waals surface area contributed by atoms with Crippen LogP contribution in [0.3, 0.4) is 0 Å². The van der Waals surface area contributed by atoms with Gasteiger partial charge in [-0.05, 0) is 61.6 Å². The Bertz CT molecular complexity index is 1060. The molecule has 0 bridgehead atoms. The van der Waals surface area contributed by atoms with Crippen molar-refractivity contribution in [3.8, 4) is 11.3 Å². The first-order chi connectivity index (χ1) is 13.1. The standard InChI is InChI=1S/C21H23N3O2S/c1-22-13-17-15-24(27(25,26)18-9-6-12-23-14-18)21-19-10-4-2-7-16(19)8-3-5-11-20(17)21/h2,4,6-7,9-10,12,14-15,22H,3,5,8,11,13H2,1H3. The Morgan fingerprint density at radius 1 is 1.11 bits per heavy atom. The molecule has 0 saturated heterocycles. The second-order valence-corrected chi connectivity index (χ2v) is 8.68. The molecule has 3 aromatic rings. The summed E-state index contributed by atoms with van der Waals surface area (Å²) in [6.45, 7) is 0.639. The van der Waals surface area contributed by atoms with E-state index in [0.29, 0.717) is 6.54 Å². The van der Waals surface area contributed by atoms with E-state index in [1.165, 1.54) is 15.7 Å². The van der Waals surface area contributed by atoms with Crippen molar-refractivity contribution in [3.05, 3.63) is 71.7 Å². The highest BCUT2D eigenvalue weighted by atomic mass is 32.2. The summed E-state index contributed by atoms with van der Waals surface area (Å²) in [7, 11) is -1.84. The molecule has 0 amide bonds. The summed E-state index contributed by atoms with van der Waals surface area (Å²) in [6.07, 6.45) is 8.79. The summed E-state index contributed by atoms with van der Waals surface area (Å²) in [5.74, 6) is 0. The maximum absolute atomic E-state index is 13.4. The molecule has 0 unspecified atom stereocenters. The molecular weight excluding hydrogens is 358 g/mol. The van der Waals surface area contributed by atoms with Gasteiger partial charge >= 0.3 is 0 Å². The van der Waals surface area contributed by atoms with Gasteiger partial charge in [0, 0.05) is 30.7 Å². The fourth-order valence-corrected chi connectivity index (χ4v) is 5.25. The minimum atomic E-state index is -3.72. The predicted octanol–water partition coefficient (Wildman–Crippen LogP) is 3.39. The summed E-state index contributed by atoms with van der Waals surface area (Å²) in [5, 5.41) is 3.18. The van der Waals surface area contributed by atoms with Crippen LogP contribution in [0.15, 0.2) is 59.9 Å². The highest BCUT2D eigenvalue weighted by Gasteiger charge is 2.27. The van der Waals surface area contributed by atoms with Crippen LogP contribution < -0.4 is 5.32 Å². The zero-order valence-electron chi connectivity index (χ0n) is 15.4. The monoisotopic (exact) mass is 381 g/mol. The first-order valence-electron chi connectivity index (χ1n) is 9.24. The minimum absolute atomic E-state index is 0.207. The molecule has 0 fully saturated rings. The third kappa shape index (κ3) is 3.19. The van der Waals surface area contributed by atoms with Crippen molar-refractivity contribution in [2.45, 2.75) is 37.1 Å². The van der Waals surface area contributed by atoms with E-state index in [1.807, 2.05) is 25.2 Å². The fourth-order valence-electron chi connectivity index (χ4n) is 3.86. The van der Waals surface area contributed by atoms with Crippen LogP contribution in [0.4, 0.5) is 0 Å². The Balaban J connectivity index is 2.02. The molecule has 4 rings (SSSR count). The van der Waals surface area contributed by atoms with Gasteiger partial charge in [-0.2, -0.15) is 0 Å². The number of nitrogens with zero attached hydrogens (tertiary/aromatic N) is 2. The molecule has 1 aromatic carbocycles. The largest absolute Gasteiger partial charge is 0.316 e. The van der Waals surface area contributed by atoms with Gasteiger partial charge in [-0.1, -0.05) is 24.3 Å². The van der Waals surface area contributed by atoms with Gasteiger partial charge in [0.1, 0.15) is 4.90 Å². The number of hydrogen-bond donors (Lipinski definition) is 1. The van der Waals surface area contributed by atoms with Crippen LogP contribution in [0.1, 0.15) is 29.5 Å². The molecule has 27 heavy (non-hydrogen) atoms. The first kappa shape index (κ1) is 17.9. The third-order valence-electron chi connectivity index (χ3n) is 5.12. The van der Waals surface area contributed by atoms with Crippen molar-refractivity contribution in [1.29, 1.82) is 0 Å². The number of hydrogen-bond acceptors (Lipinski definition) is 4. The summed E-state index contributed by atoms with van der Waals surface area (Å²) in [5.41, 5.74) is 5.19. The average Bonchev–Trinajstić information content (AvgIpc) is 3.03. The van der Waals surface area contributed by atoms with Crippen molar-refractivity contribution in [3.63, 3.8) is 0 Å². The lowest BCUT2D eigenvalue weighted by Crippen LogP contribution is -2.15. The van der Waals surface area contributed by atoms with Gasteiger partial charge in [-0.15, -0.1) is 0 Å². The van der Waals surface area contributed by atoms with Crippen LogP contribution in [-0.4, -0.2) is 24.4 Å². The van der Waals surface area contributed by atoms with Crippen molar-refractivity contribution < 1.29 is 8.42 Å². The summed E-state index contributed by atoms with van der Waals surface area (Å²) < 4.78 is 28.3. The Hall–Kier alpha value is -2.44. The van der Waals surface area contributed by atoms with Crippen LogP contribution in [-0.2, 0) is 29.4 Å². The van der Waals surface area contributed by atoms with E-state index in [0.717, 1.165) is 48.1 Å². The zero-order valence-corrected chi connectivity index (χ0v) is 16.2. The number of fused-ring (bicyclic) bond motifs is 3. The highest BCUT2D eigenvalue weighted by Crippen LogP contribution is 2.37. The topological polar surface area (TPSA) is 64.0 Å². The lowest BCUT2D eigenvalue weighted by molar-refractivity contribution is 0.587. The van der Waals surface area contributed by atoms with Crippen molar-refractivity contribution in [2.24, 2.45) is 0 Å². The average molecular weight is 382 g/mol. The maximum atomic E-state index is 13.4. The number of aryl methyl sites for hydroxylation is 1. The van der Waals surface area contributed by atoms with E-state index in [9.17, 15) is 8.42 Å². The molecule has 2 aromatic heterocycles. The van der Waals surface area contributed by atoms with Gasteiger partial charge in [0.2, 0.25) is 0 Å². The van der Waals surface area contributed by atoms with Gasteiger partial charge < -0.3 is 5.32 Å². The molecule has 6 heteroatoms. The molecule has 0 aliphatic heterocycles. The number of aromatic nitrogens is 2. The molecule has 0 radical (unpaired) electrons. The van der Waals surface area contributed by atoms with Crippen molar-refractivity contribution >= 4 is 10.0 Å². The Labute approximate surface area is 160 Å². The molecule has 1 aliphatic carbocycles. The quantitative estimate of drug-likeness (QED) is 0.752. The SMILES string of the molecule is CNCc1cn(S(=O)(=O)c2cccnc2)c2c1CCCCc1ccccc1-2. The van der Waals surface area contributed by atoms with Crippen LogP contribution >= 0.6 is 0 Å². The molecule has 0 saturated carbocycles. The smallest absolute Gasteiger partial charge is 0.269 e. The van der Waals surface area contributed by atoms with E-state index in [4.69, 9.17) is 0 Å². The van der Waals surface area contributed by atoms with Crippen molar-refractivity contribution in [2.75, 3.05) is 7.05 Å². The summed E-state index contributed by atoms with van der Waals surface area (Å²) in [4.78, 5) is 4.21. The lowest BCUT2D eigenvalue weighted by Gasteiger charge is -2.18. The lowest BCUT2D eigenvalue weighted by atomic mass is 9.91. The summed E-state index contributed by atoms with van der Waals surface area (Å²) in [6, 6.07) is 11.4. The Morgan fingerprint density at radius 3 is 2.70 bits per heavy atom. The molecular formula is C21H23N3O2S. The van der Waals surface area contributed by atoms with E-state index in [2.05, 4.69) is 16.4 Å². The molecule has 5 nitrogen and oxygen atoms in total. The van der Waals surface area contributed by atoms with Crippen LogP contribution in [0.5, 0.6) is 0 Å². The second-order valence-electron chi connectivity index (χ2n) is 6.87. The fraction of sp³-hybridized carbons (Fsp3) is 0.286. The minimum Gasteiger partial charge on any atom is -0.316 e. The number of pyridine rings is 1. The molecule has 0 spiro atoms. The number of benzene rings is 1. The van der Waals surface area contributed by atoms with Crippen LogP contribution in [0, 0.1) is 0 Å². The summed E-state index contributed by atoms with van der Waals surface area (Å²) >= 11 is 0. The van der Waals surface area contributed by atoms with E-state index in [1.54, 1.807) is 24.5 Å². The normalized spacial score (nSPS) is 14.1. The highest BCUT2D eigenvalue weighted by molar-refractivity contribution is 7.90. The van der Waals surface area contributed by atoms with Crippen LogP contribution in [0.25, 0.3) is 11.3 Å². The van der Waals surface area contributed by atoms with Crippen LogP contribution in [0.2, 0.25) is 0 Å². The maximum Gasteiger partial charge on any atom is 0.269 e. The number of rotatable bonds is 4. The van der Waals surface area contributed by atoms with Gasteiger partial charge in [0.25, 0.3) is 10.0 Å². The van der Waals surface area contributed by atoms with Gasteiger partial charge in [0.05, 0.1) is 5.69 Å². The Morgan fingerprint density at radius 2 is 1.93 bits per heavy atom. The first-order valence-corrected chi connectivity index (χ1v) is 10.7. The number of nitrogens with one attached hydrogen (secondary N) is 1. The van der Waals surface area contributed by atoms with Gasteiger partial charge in [0.15, 0.2) is 0 Å². The Kier molecular flexibility index (Phi) is 4.85. The van der Waals surface area contributed by atoms with E-state index < -0.39 is 10.0 Å². The molecule has 1 aliphatic rings. The second kappa shape index (κ2) is 7.29. The predicted molar refractivity (Wildman–Crippen MR) is 106 cm³/mol. The van der Waals surface area contributed by atoms with E-state index >= 15 is 0 Å². The molecule has 1 N–H and O–H groups in total. The molecule has 0 atom stereocenters. The third-order valence-corrected chi connectivity index (χ3v) is 6.76. The van der Waals surface area contributed by atoms with Gasteiger partial charge in [-0.3, -0.25) is 4.98 Å². The zero-order chi connectivity index (χ0) is 18.9. The molecule has 2 heterocycles.